The lowest BCUT2D eigenvalue weighted by molar-refractivity contribution is 0.0697. The predicted molar refractivity (Wildman–Crippen MR) is 100 cm³/mol. The number of carbonyl (C=O) groups is 1. The van der Waals surface area contributed by atoms with E-state index in [1.54, 1.807) is 7.11 Å². The SMILES string of the molecule is COC[C@H](C)Nc1ccc(S(=O)(=O)NC2CCCCCC2)cc1C(=O)O. The van der Waals surface area contributed by atoms with Crippen molar-refractivity contribution >= 4 is 21.7 Å². The normalized spacial score (nSPS) is 17.5. The van der Waals surface area contributed by atoms with E-state index in [9.17, 15) is 18.3 Å². The molecule has 1 saturated carbocycles. The summed E-state index contributed by atoms with van der Waals surface area (Å²) in [6.07, 6.45) is 5.91. The minimum Gasteiger partial charge on any atom is -0.478 e. The van der Waals surface area contributed by atoms with Gasteiger partial charge in [0.15, 0.2) is 0 Å². The third kappa shape index (κ3) is 5.69. The lowest BCUT2D eigenvalue weighted by Crippen LogP contribution is -2.34. The number of aromatic carboxylic acids is 1. The van der Waals surface area contributed by atoms with Crippen molar-refractivity contribution in [2.75, 3.05) is 19.0 Å². The van der Waals surface area contributed by atoms with E-state index in [1.165, 1.54) is 18.2 Å². The Morgan fingerprint density at radius 2 is 1.92 bits per heavy atom. The highest BCUT2D eigenvalue weighted by Crippen LogP contribution is 2.24. The van der Waals surface area contributed by atoms with Crippen molar-refractivity contribution in [3.63, 3.8) is 0 Å². The maximum Gasteiger partial charge on any atom is 0.337 e. The Hall–Kier alpha value is -1.64. The number of rotatable bonds is 8. The molecule has 0 aromatic heterocycles. The molecule has 0 bridgehead atoms. The van der Waals surface area contributed by atoms with Crippen LogP contribution in [0.25, 0.3) is 0 Å². The Morgan fingerprint density at radius 1 is 1.27 bits per heavy atom. The number of carboxylic acids is 1. The molecule has 0 spiro atoms. The summed E-state index contributed by atoms with van der Waals surface area (Å²) >= 11 is 0. The first kappa shape index (κ1) is 20.7. The molecule has 146 valence electrons. The summed E-state index contributed by atoms with van der Waals surface area (Å²) in [6, 6.07) is 3.95. The quantitative estimate of drug-likeness (QED) is 0.595. The second kappa shape index (κ2) is 9.34. The minimum atomic E-state index is -3.75. The number of hydrogen-bond donors (Lipinski definition) is 3. The molecule has 2 rings (SSSR count). The van der Waals surface area contributed by atoms with E-state index in [1.807, 2.05) is 6.92 Å². The molecule has 1 aromatic rings. The summed E-state index contributed by atoms with van der Waals surface area (Å²) < 4.78 is 33.1. The molecule has 1 fully saturated rings. The molecule has 7 nitrogen and oxygen atoms in total. The van der Waals surface area contributed by atoms with Crippen LogP contribution in [-0.4, -0.2) is 45.3 Å². The van der Waals surface area contributed by atoms with E-state index in [-0.39, 0.29) is 22.5 Å². The van der Waals surface area contributed by atoms with Crippen LogP contribution in [-0.2, 0) is 14.8 Å². The monoisotopic (exact) mass is 384 g/mol. The number of hydrogen-bond acceptors (Lipinski definition) is 5. The second-order valence-electron chi connectivity index (χ2n) is 6.82. The van der Waals surface area contributed by atoms with Gasteiger partial charge in [0, 0.05) is 24.9 Å². The van der Waals surface area contributed by atoms with Crippen LogP contribution < -0.4 is 10.0 Å². The van der Waals surface area contributed by atoms with Crippen molar-refractivity contribution in [3.05, 3.63) is 23.8 Å². The van der Waals surface area contributed by atoms with Gasteiger partial charge in [-0.25, -0.2) is 17.9 Å². The number of carboxylic acid groups (broad SMARTS) is 1. The molecule has 1 aliphatic rings. The van der Waals surface area contributed by atoms with Gasteiger partial charge in [0.05, 0.1) is 17.1 Å². The van der Waals surface area contributed by atoms with Crippen molar-refractivity contribution in [2.45, 2.75) is 62.4 Å². The Bertz CT molecular complexity index is 712. The van der Waals surface area contributed by atoms with Crippen LogP contribution in [0.2, 0.25) is 0 Å². The van der Waals surface area contributed by atoms with Gasteiger partial charge < -0.3 is 15.2 Å². The molecule has 0 amide bonds. The fourth-order valence-corrected chi connectivity index (χ4v) is 4.57. The molecule has 1 atom stereocenters. The van der Waals surface area contributed by atoms with Gasteiger partial charge in [-0.1, -0.05) is 25.7 Å². The largest absolute Gasteiger partial charge is 0.478 e. The smallest absolute Gasteiger partial charge is 0.337 e. The van der Waals surface area contributed by atoms with Gasteiger partial charge in [0.1, 0.15) is 0 Å². The zero-order chi connectivity index (χ0) is 19.2. The highest BCUT2D eigenvalue weighted by Gasteiger charge is 2.23. The van der Waals surface area contributed by atoms with Gasteiger partial charge in [0.2, 0.25) is 10.0 Å². The van der Waals surface area contributed by atoms with E-state index < -0.39 is 16.0 Å². The predicted octanol–water partition coefficient (Wildman–Crippen LogP) is 2.83. The topological polar surface area (TPSA) is 105 Å². The maximum atomic E-state index is 12.7. The molecular formula is C18H28N2O5S. The molecule has 1 aliphatic carbocycles. The van der Waals surface area contributed by atoms with E-state index in [0.29, 0.717) is 12.3 Å². The molecule has 3 N–H and O–H groups in total. The number of benzene rings is 1. The third-order valence-electron chi connectivity index (χ3n) is 4.53. The van der Waals surface area contributed by atoms with Gasteiger partial charge >= 0.3 is 5.97 Å². The molecule has 0 heterocycles. The highest BCUT2D eigenvalue weighted by molar-refractivity contribution is 7.89. The lowest BCUT2D eigenvalue weighted by atomic mass is 10.1. The first-order valence-electron chi connectivity index (χ1n) is 8.98. The van der Waals surface area contributed by atoms with Crippen LogP contribution in [0.15, 0.2) is 23.1 Å². The number of nitrogens with one attached hydrogen (secondary N) is 2. The average molecular weight is 384 g/mol. The summed E-state index contributed by atoms with van der Waals surface area (Å²) in [5.74, 6) is -1.18. The second-order valence-corrected chi connectivity index (χ2v) is 8.54. The van der Waals surface area contributed by atoms with Crippen molar-refractivity contribution in [1.29, 1.82) is 0 Å². The van der Waals surface area contributed by atoms with Crippen LogP contribution >= 0.6 is 0 Å². The summed E-state index contributed by atoms with van der Waals surface area (Å²) in [5, 5.41) is 12.5. The fourth-order valence-electron chi connectivity index (χ4n) is 3.24. The molecule has 0 aliphatic heterocycles. The third-order valence-corrected chi connectivity index (χ3v) is 6.05. The fraction of sp³-hybridized carbons (Fsp3) is 0.611. The molecule has 0 saturated heterocycles. The number of anilines is 1. The zero-order valence-electron chi connectivity index (χ0n) is 15.3. The van der Waals surface area contributed by atoms with E-state index in [0.717, 1.165) is 38.5 Å². The molecule has 1 aromatic carbocycles. The molecule has 0 unspecified atom stereocenters. The summed E-state index contributed by atoms with van der Waals surface area (Å²) in [4.78, 5) is 11.6. The highest BCUT2D eigenvalue weighted by atomic mass is 32.2. The summed E-state index contributed by atoms with van der Waals surface area (Å²) in [5.41, 5.74) is 0.298. The van der Waals surface area contributed by atoms with Crippen molar-refractivity contribution < 1.29 is 23.1 Å². The van der Waals surface area contributed by atoms with Gasteiger partial charge in [-0.3, -0.25) is 0 Å². The molecule has 0 radical (unpaired) electrons. The van der Waals surface area contributed by atoms with Gasteiger partial charge in [-0.15, -0.1) is 0 Å². The van der Waals surface area contributed by atoms with Crippen LogP contribution in [0.3, 0.4) is 0 Å². The standard InChI is InChI=1S/C18H28N2O5S/c1-13(12-25-2)19-17-10-9-15(11-16(17)18(21)22)26(23,24)20-14-7-5-3-4-6-8-14/h9-11,13-14,19-20H,3-8,12H2,1-2H3,(H,21,22)/t13-/m0/s1. The Morgan fingerprint density at radius 3 is 2.50 bits per heavy atom. The van der Waals surface area contributed by atoms with E-state index in [2.05, 4.69) is 10.0 Å². The number of sulfonamides is 1. The van der Waals surface area contributed by atoms with Gasteiger partial charge in [0.25, 0.3) is 0 Å². The Labute approximate surface area is 155 Å². The number of ether oxygens (including phenoxy) is 1. The minimum absolute atomic E-state index is 0.0240. The van der Waals surface area contributed by atoms with E-state index >= 15 is 0 Å². The zero-order valence-corrected chi connectivity index (χ0v) is 16.1. The summed E-state index contributed by atoms with van der Waals surface area (Å²) in [6.45, 7) is 2.26. The van der Waals surface area contributed by atoms with Crippen LogP contribution in [0.1, 0.15) is 55.8 Å². The van der Waals surface area contributed by atoms with Crippen molar-refractivity contribution in [2.24, 2.45) is 0 Å². The first-order chi connectivity index (χ1) is 12.3. The summed E-state index contributed by atoms with van der Waals surface area (Å²) in [7, 11) is -2.19. The number of methoxy groups -OCH3 is 1. The Kier molecular flexibility index (Phi) is 7.43. The molecule has 26 heavy (non-hydrogen) atoms. The van der Waals surface area contributed by atoms with Crippen molar-refractivity contribution in [1.82, 2.24) is 4.72 Å². The van der Waals surface area contributed by atoms with Crippen LogP contribution in [0.5, 0.6) is 0 Å². The first-order valence-corrected chi connectivity index (χ1v) is 10.5. The van der Waals surface area contributed by atoms with Crippen LogP contribution in [0.4, 0.5) is 5.69 Å². The van der Waals surface area contributed by atoms with E-state index in [4.69, 9.17) is 4.74 Å². The maximum absolute atomic E-state index is 12.7. The Balaban J connectivity index is 2.22. The molecular weight excluding hydrogens is 356 g/mol. The lowest BCUT2D eigenvalue weighted by Gasteiger charge is -2.19. The van der Waals surface area contributed by atoms with Gasteiger partial charge in [-0.05, 0) is 38.0 Å². The van der Waals surface area contributed by atoms with Crippen LogP contribution in [0, 0.1) is 0 Å². The van der Waals surface area contributed by atoms with Gasteiger partial charge in [-0.2, -0.15) is 0 Å². The average Bonchev–Trinajstić information content (AvgIpc) is 2.83. The van der Waals surface area contributed by atoms with Crippen molar-refractivity contribution in [3.8, 4) is 0 Å². The molecule has 8 heteroatoms.